The summed E-state index contributed by atoms with van der Waals surface area (Å²) in [4.78, 5) is 0. The van der Waals surface area contributed by atoms with E-state index in [9.17, 15) is 25.0 Å². The molecular weight excluding hydrogens is 411 g/mol. The zero-order chi connectivity index (χ0) is 21.6. The Balaban J connectivity index is 1.74. The van der Waals surface area contributed by atoms with Crippen molar-refractivity contribution in [1.29, 1.82) is 0 Å². The van der Waals surface area contributed by atoms with Crippen molar-refractivity contribution < 1.29 is 38.6 Å². The molecule has 1 aliphatic carbocycles. The van der Waals surface area contributed by atoms with Gasteiger partial charge in [0.2, 0.25) is 0 Å². The first-order valence-corrected chi connectivity index (χ1v) is 11.2. The quantitative estimate of drug-likeness (QED) is 0.365. The van der Waals surface area contributed by atoms with Crippen LogP contribution in [0, 0.1) is 0 Å². The maximum absolute atomic E-state index is 13.4. The van der Waals surface area contributed by atoms with E-state index in [4.69, 9.17) is 13.6 Å². The molecule has 5 atom stereocenters. The van der Waals surface area contributed by atoms with E-state index in [1.54, 1.807) is 24.3 Å². The van der Waals surface area contributed by atoms with Gasteiger partial charge in [0.05, 0.1) is 37.6 Å². The largest absolute Gasteiger partial charge is 0.475 e. The average Bonchev–Trinajstić information content (AvgIpc) is 2.84. The fraction of sp³-hybridized carbons (Fsp3) is 0.429. The van der Waals surface area contributed by atoms with Crippen molar-refractivity contribution in [3.63, 3.8) is 0 Å². The van der Waals surface area contributed by atoms with Gasteiger partial charge in [-0.15, -0.1) is 0 Å². The molecular formula is C21H27O8P. The van der Waals surface area contributed by atoms with Crippen LogP contribution in [-0.4, -0.2) is 50.9 Å². The molecule has 164 valence electrons. The lowest BCUT2D eigenvalue weighted by Crippen LogP contribution is -2.36. The highest BCUT2D eigenvalue weighted by atomic mass is 31.2. The fourth-order valence-electron chi connectivity index (χ4n) is 3.16. The zero-order valence-corrected chi connectivity index (χ0v) is 17.3. The van der Waals surface area contributed by atoms with Crippen LogP contribution in [0.3, 0.4) is 0 Å². The molecule has 1 aliphatic rings. The first-order chi connectivity index (χ1) is 14.4. The van der Waals surface area contributed by atoms with Gasteiger partial charge in [0.1, 0.15) is 6.10 Å². The summed E-state index contributed by atoms with van der Waals surface area (Å²) in [5.74, 6) is 0. The van der Waals surface area contributed by atoms with Gasteiger partial charge in [0, 0.05) is 12.8 Å². The Kier molecular flexibility index (Phi) is 8.16. The molecule has 0 aromatic heterocycles. The van der Waals surface area contributed by atoms with Crippen molar-refractivity contribution in [3.05, 3.63) is 71.8 Å². The number of phosphoric acid groups is 1. The van der Waals surface area contributed by atoms with Gasteiger partial charge >= 0.3 is 7.82 Å². The molecule has 0 heterocycles. The molecule has 0 unspecified atom stereocenters. The molecule has 8 nitrogen and oxygen atoms in total. The highest BCUT2D eigenvalue weighted by Gasteiger charge is 2.41. The molecule has 3 rings (SSSR count). The molecule has 30 heavy (non-hydrogen) atoms. The molecule has 4 N–H and O–H groups in total. The predicted octanol–water partition coefficient (Wildman–Crippen LogP) is 2.15. The second kappa shape index (κ2) is 10.6. The molecule has 1 saturated carbocycles. The minimum atomic E-state index is -4.18. The number of aliphatic hydroxyl groups is 4. The molecule has 1 fully saturated rings. The molecule has 0 bridgehead atoms. The Labute approximate surface area is 175 Å². The molecule has 0 spiro atoms. The average molecular weight is 438 g/mol. The van der Waals surface area contributed by atoms with Crippen LogP contribution < -0.4 is 0 Å². The van der Waals surface area contributed by atoms with E-state index in [-0.39, 0.29) is 26.1 Å². The van der Waals surface area contributed by atoms with E-state index < -0.39 is 38.3 Å². The first-order valence-electron chi connectivity index (χ1n) is 9.74. The number of hydrogen-bond acceptors (Lipinski definition) is 8. The number of rotatable bonds is 8. The molecule has 9 heteroatoms. The second-order valence-electron chi connectivity index (χ2n) is 7.27. The van der Waals surface area contributed by atoms with Gasteiger partial charge in [-0.05, 0) is 11.1 Å². The van der Waals surface area contributed by atoms with Crippen molar-refractivity contribution in [2.45, 2.75) is 56.6 Å². The lowest BCUT2D eigenvalue weighted by molar-refractivity contribution is -0.0599. The van der Waals surface area contributed by atoms with Crippen LogP contribution in [0.2, 0.25) is 0 Å². The number of benzene rings is 2. The van der Waals surface area contributed by atoms with E-state index in [1.165, 1.54) is 0 Å². The van der Waals surface area contributed by atoms with Gasteiger partial charge in [-0.3, -0.25) is 13.6 Å². The maximum Gasteiger partial charge on any atom is 0.475 e. The van der Waals surface area contributed by atoms with Crippen LogP contribution in [-0.2, 0) is 31.4 Å². The summed E-state index contributed by atoms with van der Waals surface area (Å²) >= 11 is 0. The summed E-state index contributed by atoms with van der Waals surface area (Å²) in [7, 11) is -4.18. The van der Waals surface area contributed by atoms with Gasteiger partial charge < -0.3 is 20.4 Å². The minimum Gasteiger partial charge on any atom is -0.390 e. The Bertz CT molecular complexity index is 771. The fourth-order valence-corrected chi connectivity index (χ4v) is 4.53. The Morgan fingerprint density at radius 3 is 1.70 bits per heavy atom. The lowest BCUT2D eigenvalue weighted by atomic mass is 10.1. The smallest absolute Gasteiger partial charge is 0.390 e. The van der Waals surface area contributed by atoms with Gasteiger partial charge in [-0.2, -0.15) is 0 Å². The number of hydrogen-bond donors (Lipinski definition) is 4. The van der Waals surface area contributed by atoms with Crippen LogP contribution >= 0.6 is 7.82 Å². The Morgan fingerprint density at radius 1 is 0.733 bits per heavy atom. The molecule has 0 aliphatic heterocycles. The van der Waals surface area contributed by atoms with Crippen molar-refractivity contribution in [1.82, 2.24) is 0 Å². The van der Waals surface area contributed by atoms with E-state index in [0.717, 1.165) is 11.1 Å². The molecule has 0 amide bonds. The normalized spacial score (nSPS) is 27.5. The van der Waals surface area contributed by atoms with Gasteiger partial charge in [0.25, 0.3) is 0 Å². The maximum atomic E-state index is 13.4. The van der Waals surface area contributed by atoms with Crippen molar-refractivity contribution in [2.75, 3.05) is 0 Å². The summed E-state index contributed by atoms with van der Waals surface area (Å²) in [6.07, 6.45) is -7.07. The molecule has 2 aromatic carbocycles. The van der Waals surface area contributed by atoms with Crippen molar-refractivity contribution >= 4 is 7.82 Å². The third-order valence-corrected chi connectivity index (χ3v) is 6.32. The number of aliphatic hydroxyl groups excluding tert-OH is 4. The highest BCUT2D eigenvalue weighted by molar-refractivity contribution is 7.48. The van der Waals surface area contributed by atoms with E-state index in [0.29, 0.717) is 0 Å². The summed E-state index contributed by atoms with van der Waals surface area (Å²) in [6.45, 7) is -0.104. The van der Waals surface area contributed by atoms with Gasteiger partial charge in [-0.25, -0.2) is 4.57 Å². The zero-order valence-electron chi connectivity index (χ0n) is 16.4. The summed E-state index contributed by atoms with van der Waals surface area (Å²) in [5, 5.41) is 40.1. The van der Waals surface area contributed by atoms with Crippen LogP contribution in [0.5, 0.6) is 0 Å². The van der Waals surface area contributed by atoms with E-state index >= 15 is 0 Å². The monoisotopic (exact) mass is 438 g/mol. The van der Waals surface area contributed by atoms with Crippen molar-refractivity contribution in [3.8, 4) is 0 Å². The predicted molar refractivity (Wildman–Crippen MR) is 108 cm³/mol. The molecule has 0 radical (unpaired) electrons. The third kappa shape index (κ3) is 6.44. The Hall–Kier alpha value is -1.61. The summed E-state index contributed by atoms with van der Waals surface area (Å²) in [5.41, 5.74) is 1.49. The topological polar surface area (TPSA) is 126 Å². The minimum absolute atomic E-state index is 0.0521. The Morgan fingerprint density at radius 2 is 1.20 bits per heavy atom. The van der Waals surface area contributed by atoms with Crippen LogP contribution in [0.25, 0.3) is 0 Å². The third-order valence-electron chi connectivity index (χ3n) is 4.90. The van der Waals surface area contributed by atoms with Gasteiger partial charge in [0.15, 0.2) is 0 Å². The lowest BCUT2D eigenvalue weighted by Gasteiger charge is -2.26. The van der Waals surface area contributed by atoms with Crippen molar-refractivity contribution in [2.24, 2.45) is 0 Å². The summed E-state index contributed by atoms with van der Waals surface area (Å²) in [6, 6.07) is 18.1. The SMILES string of the molecule is O=P(OCc1ccccc1)(OCc1ccccc1)O[C@H]1C[C@@H](O)[C@@H](O)[C@H](O)C[C@@H]1O. The molecule has 0 saturated heterocycles. The van der Waals surface area contributed by atoms with Crippen LogP contribution in [0.1, 0.15) is 24.0 Å². The summed E-state index contributed by atoms with van der Waals surface area (Å²) < 4.78 is 30.0. The van der Waals surface area contributed by atoms with Crippen LogP contribution in [0.4, 0.5) is 0 Å². The standard InChI is InChI=1S/C21H27O8P/c22-17-11-18(23)21(25)19(24)12-20(17)29-30(26,27-13-15-7-3-1-4-8-15)28-14-16-9-5-2-6-10-16/h1-10,17-25H,11-14H2/t17-,18+,19+,20-,21-/m0/s1. The first kappa shape index (κ1) is 23.1. The highest BCUT2D eigenvalue weighted by Crippen LogP contribution is 2.53. The van der Waals surface area contributed by atoms with Gasteiger partial charge in [-0.1, -0.05) is 60.7 Å². The van der Waals surface area contributed by atoms with E-state index in [2.05, 4.69) is 0 Å². The molecule has 2 aromatic rings. The number of phosphoric ester groups is 1. The van der Waals surface area contributed by atoms with Crippen LogP contribution in [0.15, 0.2) is 60.7 Å². The van der Waals surface area contributed by atoms with E-state index in [1.807, 2.05) is 36.4 Å². The second-order valence-corrected chi connectivity index (χ2v) is 8.89.